The second-order valence-corrected chi connectivity index (χ2v) is 6.12. The highest BCUT2D eigenvalue weighted by molar-refractivity contribution is 5.74. The molecule has 0 saturated heterocycles. The first kappa shape index (κ1) is 21.2. The molecule has 2 aromatic rings. The highest BCUT2D eigenvalue weighted by Gasteiger charge is 2.30. The zero-order valence-corrected chi connectivity index (χ0v) is 15.6. The number of nitrogens with one attached hydrogen (secondary N) is 1. The van der Waals surface area contributed by atoms with Gasteiger partial charge >= 0.3 is 12.2 Å². The number of carbonyl (C=O) groups excluding carboxylic acids is 1. The SMILES string of the molecule is Cc1ccc(OCCN(C)C(=O)NCC#Cc2cccc(C(F)(F)F)c2)cc1. The van der Waals surface area contributed by atoms with E-state index in [4.69, 9.17) is 4.74 Å². The fraction of sp³-hybridized carbons (Fsp3) is 0.286. The zero-order chi connectivity index (χ0) is 20.6. The van der Waals surface area contributed by atoms with Crippen molar-refractivity contribution in [1.82, 2.24) is 10.2 Å². The number of urea groups is 1. The highest BCUT2D eigenvalue weighted by atomic mass is 19.4. The lowest BCUT2D eigenvalue weighted by Gasteiger charge is -2.17. The molecule has 2 amide bonds. The van der Waals surface area contributed by atoms with Crippen molar-refractivity contribution in [3.05, 3.63) is 65.2 Å². The number of halogens is 3. The molecule has 0 atom stereocenters. The van der Waals surface area contributed by atoms with E-state index in [1.807, 2.05) is 31.2 Å². The van der Waals surface area contributed by atoms with Crippen molar-refractivity contribution < 1.29 is 22.7 Å². The molecule has 148 valence electrons. The van der Waals surface area contributed by atoms with Crippen molar-refractivity contribution in [2.45, 2.75) is 13.1 Å². The summed E-state index contributed by atoms with van der Waals surface area (Å²) < 4.78 is 43.5. The van der Waals surface area contributed by atoms with Gasteiger partial charge in [-0.1, -0.05) is 35.6 Å². The molecule has 0 bridgehead atoms. The molecule has 0 aliphatic carbocycles. The molecule has 0 spiro atoms. The van der Waals surface area contributed by atoms with Gasteiger partial charge in [0.05, 0.1) is 18.7 Å². The average Bonchev–Trinajstić information content (AvgIpc) is 2.66. The molecule has 0 aromatic heterocycles. The van der Waals surface area contributed by atoms with Gasteiger partial charge in [-0.25, -0.2) is 4.79 Å². The standard InChI is InChI=1S/C21H21F3N2O2/c1-16-8-10-19(11-9-16)28-14-13-26(2)20(27)25-12-4-6-17-5-3-7-18(15-17)21(22,23)24/h3,5,7-11,15H,12-14H2,1-2H3,(H,25,27). The summed E-state index contributed by atoms with van der Waals surface area (Å²) in [5, 5.41) is 2.59. The Kier molecular flexibility index (Phi) is 7.33. The number of carbonyl (C=O) groups is 1. The van der Waals surface area contributed by atoms with E-state index in [1.165, 1.54) is 17.0 Å². The number of nitrogens with zero attached hydrogens (tertiary/aromatic N) is 1. The Morgan fingerprint density at radius 3 is 2.57 bits per heavy atom. The summed E-state index contributed by atoms with van der Waals surface area (Å²) in [5.41, 5.74) is 0.621. The van der Waals surface area contributed by atoms with Crippen LogP contribution in [-0.4, -0.2) is 37.7 Å². The number of hydrogen-bond donors (Lipinski definition) is 1. The second-order valence-electron chi connectivity index (χ2n) is 6.12. The van der Waals surface area contributed by atoms with Crippen molar-refractivity contribution in [1.29, 1.82) is 0 Å². The summed E-state index contributed by atoms with van der Waals surface area (Å²) in [6.45, 7) is 2.72. The minimum atomic E-state index is -4.41. The number of rotatable bonds is 5. The summed E-state index contributed by atoms with van der Waals surface area (Å²) in [6.07, 6.45) is -4.41. The Hall–Kier alpha value is -3.14. The maximum Gasteiger partial charge on any atom is 0.416 e. The van der Waals surface area contributed by atoms with Gasteiger partial charge in [-0.15, -0.1) is 0 Å². The average molecular weight is 390 g/mol. The lowest BCUT2D eigenvalue weighted by molar-refractivity contribution is -0.137. The van der Waals surface area contributed by atoms with E-state index in [9.17, 15) is 18.0 Å². The molecule has 0 heterocycles. The maximum absolute atomic E-state index is 12.7. The number of alkyl halides is 3. The monoisotopic (exact) mass is 390 g/mol. The third kappa shape index (κ3) is 6.88. The Bertz CT molecular complexity index is 852. The molecule has 0 unspecified atom stereocenters. The minimum Gasteiger partial charge on any atom is -0.492 e. The van der Waals surface area contributed by atoms with Gasteiger partial charge in [-0.3, -0.25) is 0 Å². The van der Waals surface area contributed by atoms with Gasteiger partial charge in [-0.2, -0.15) is 13.2 Å². The second kappa shape index (κ2) is 9.70. The van der Waals surface area contributed by atoms with Crippen LogP contribution >= 0.6 is 0 Å². The van der Waals surface area contributed by atoms with Crippen molar-refractivity contribution in [2.75, 3.05) is 26.7 Å². The number of benzene rings is 2. The van der Waals surface area contributed by atoms with Crippen LogP contribution in [-0.2, 0) is 6.18 Å². The summed E-state index contributed by atoms with van der Waals surface area (Å²) >= 11 is 0. The van der Waals surface area contributed by atoms with E-state index in [-0.39, 0.29) is 18.1 Å². The van der Waals surface area contributed by atoms with E-state index in [0.717, 1.165) is 23.4 Å². The Labute approximate surface area is 162 Å². The third-order valence-electron chi connectivity index (χ3n) is 3.81. The third-order valence-corrected chi connectivity index (χ3v) is 3.81. The Morgan fingerprint density at radius 1 is 1.18 bits per heavy atom. The number of amides is 2. The first-order valence-electron chi connectivity index (χ1n) is 8.60. The normalized spacial score (nSPS) is 10.6. The zero-order valence-electron chi connectivity index (χ0n) is 15.6. The van der Waals surface area contributed by atoms with Crippen LogP contribution in [0.3, 0.4) is 0 Å². The molecular weight excluding hydrogens is 369 g/mol. The molecular formula is C21H21F3N2O2. The topological polar surface area (TPSA) is 41.6 Å². The summed E-state index contributed by atoms with van der Waals surface area (Å²) in [4.78, 5) is 13.4. The number of aryl methyl sites for hydroxylation is 1. The highest BCUT2D eigenvalue weighted by Crippen LogP contribution is 2.29. The molecule has 1 N–H and O–H groups in total. The number of hydrogen-bond acceptors (Lipinski definition) is 2. The Morgan fingerprint density at radius 2 is 1.89 bits per heavy atom. The first-order valence-corrected chi connectivity index (χ1v) is 8.60. The first-order chi connectivity index (χ1) is 13.3. The smallest absolute Gasteiger partial charge is 0.416 e. The van der Waals surface area contributed by atoms with Crippen LogP contribution in [0.1, 0.15) is 16.7 Å². The maximum atomic E-state index is 12.7. The Balaban J connectivity index is 1.75. The van der Waals surface area contributed by atoms with Crippen LogP contribution in [0.4, 0.5) is 18.0 Å². The molecule has 4 nitrogen and oxygen atoms in total. The predicted molar refractivity (Wildman–Crippen MR) is 101 cm³/mol. The summed E-state index contributed by atoms with van der Waals surface area (Å²) in [7, 11) is 1.62. The van der Waals surface area contributed by atoms with Crippen molar-refractivity contribution >= 4 is 6.03 Å². The minimum absolute atomic E-state index is 0.0260. The van der Waals surface area contributed by atoms with Gasteiger partial charge in [0, 0.05) is 12.6 Å². The van der Waals surface area contributed by atoms with Crippen molar-refractivity contribution in [2.24, 2.45) is 0 Å². The largest absolute Gasteiger partial charge is 0.492 e. The fourth-order valence-electron chi connectivity index (χ4n) is 2.21. The van der Waals surface area contributed by atoms with Gasteiger partial charge in [0.2, 0.25) is 0 Å². The molecule has 0 saturated carbocycles. The molecule has 0 fully saturated rings. The molecule has 0 radical (unpaired) electrons. The van der Waals surface area contributed by atoms with Crippen LogP contribution < -0.4 is 10.1 Å². The van der Waals surface area contributed by atoms with Crippen LogP contribution in [0.15, 0.2) is 48.5 Å². The van der Waals surface area contributed by atoms with E-state index in [0.29, 0.717) is 13.2 Å². The van der Waals surface area contributed by atoms with E-state index < -0.39 is 11.7 Å². The molecule has 28 heavy (non-hydrogen) atoms. The van der Waals surface area contributed by atoms with Crippen LogP contribution in [0.2, 0.25) is 0 Å². The van der Waals surface area contributed by atoms with Crippen LogP contribution in [0.5, 0.6) is 5.75 Å². The molecule has 0 aliphatic heterocycles. The molecule has 7 heteroatoms. The van der Waals surface area contributed by atoms with Crippen LogP contribution in [0, 0.1) is 18.8 Å². The van der Waals surface area contributed by atoms with E-state index in [2.05, 4.69) is 17.2 Å². The van der Waals surface area contributed by atoms with Gasteiger partial charge in [0.15, 0.2) is 0 Å². The summed E-state index contributed by atoms with van der Waals surface area (Å²) in [5.74, 6) is 5.99. The predicted octanol–water partition coefficient (Wildman–Crippen LogP) is 4.09. The molecule has 0 aliphatic rings. The lowest BCUT2D eigenvalue weighted by Crippen LogP contribution is -2.39. The summed E-state index contributed by atoms with van der Waals surface area (Å²) in [6, 6.07) is 12.0. The van der Waals surface area contributed by atoms with Crippen LogP contribution in [0.25, 0.3) is 0 Å². The van der Waals surface area contributed by atoms with Gasteiger partial charge in [0.1, 0.15) is 12.4 Å². The quantitative estimate of drug-likeness (QED) is 0.782. The fourth-order valence-corrected chi connectivity index (χ4v) is 2.21. The van der Waals surface area contributed by atoms with Crippen molar-refractivity contribution in [3.8, 4) is 17.6 Å². The number of ether oxygens (including phenoxy) is 1. The molecule has 2 aromatic carbocycles. The van der Waals surface area contributed by atoms with Gasteiger partial charge in [-0.05, 0) is 37.3 Å². The van der Waals surface area contributed by atoms with Gasteiger partial charge < -0.3 is 15.0 Å². The van der Waals surface area contributed by atoms with Crippen molar-refractivity contribution in [3.63, 3.8) is 0 Å². The van der Waals surface area contributed by atoms with E-state index >= 15 is 0 Å². The number of likely N-dealkylation sites (N-methyl/N-ethyl adjacent to an activating group) is 1. The van der Waals surface area contributed by atoms with E-state index in [1.54, 1.807) is 7.05 Å². The lowest BCUT2D eigenvalue weighted by atomic mass is 10.1. The molecule has 2 rings (SSSR count). The van der Waals surface area contributed by atoms with Gasteiger partial charge in [0.25, 0.3) is 0 Å².